The van der Waals surface area contributed by atoms with Crippen molar-refractivity contribution in [2.75, 3.05) is 0 Å². The SMILES string of the molecule is Cc1cc(C(O)C(F)(F)F)cnc1C. The van der Waals surface area contributed by atoms with E-state index in [1.165, 1.54) is 6.07 Å². The third kappa shape index (κ3) is 2.23. The van der Waals surface area contributed by atoms with Crippen molar-refractivity contribution in [3.8, 4) is 0 Å². The molecule has 5 heteroatoms. The number of aryl methyl sites for hydroxylation is 2. The van der Waals surface area contributed by atoms with Crippen LogP contribution in [-0.2, 0) is 0 Å². The summed E-state index contributed by atoms with van der Waals surface area (Å²) in [6.45, 7) is 3.34. The predicted molar refractivity (Wildman–Crippen MR) is 44.7 cm³/mol. The number of alkyl halides is 3. The van der Waals surface area contributed by atoms with Crippen LogP contribution in [0, 0.1) is 13.8 Å². The van der Waals surface area contributed by atoms with Gasteiger partial charge in [0.1, 0.15) is 0 Å². The molecule has 0 aliphatic carbocycles. The number of rotatable bonds is 1. The van der Waals surface area contributed by atoms with E-state index in [2.05, 4.69) is 4.98 Å². The van der Waals surface area contributed by atoms with Gasteiger partial charge in [-0.15, -0.1) is 0 Å². The molecule has 1 rings (SSSR count). The fourth-order valence-electron chi connectivity index (χ4n) is 1.00. The second-order valence-electron chi connectivity index (χ2n) is 3.12. The van der Waals surface area contributed by atoms with E-state index < -0.39 is 12.3 Å². The van der Waals surface area contributed by atoms with Crippen LogP contribution in [0.1, 0.15) is 22.9 Å². The van der Waals surface area contributed by atoms with Gasteiger partial charge in [0, 0.05) is 17.5 Å². The molecule has 1 unspecified atom stereocenters. The standard InChI is InChI=1S/C9H10F3NO/c1-5-3-7(4-13-6(5)2)8(14)9(10,11)12/h3-4,8,14H,1-2H3. The Hall–Kier alpha value is -1.10. The van der Waals surface area contributed by atoms with Crippen molar-refractivity contribution in [1.29, 1.82) is 0 Å². The summed E-state index contributed by atoms with van der Waals surface area (Å²) in [5.74, 6) is 0. The molecule has 78 valence electrons. The smallest absolute Gasteiger partial charge is 0.379 e. The summed E-state index contributed by atoms with van der Waals surface area (Å²) >= 11 is 0. The Morgan fingerprint density at radius 3 is 2.36 bits per heavy atom. The van der Waals surface area contributed by atoms with Crippen molar-refractivity contribution >= 4 is 0 Å². The van der Waals surface area contributed by atoms with Gasteiger partial charge < -0.3 is 5.11 Å². The summed E-state index contributed by atoms with van der Waals surface area (Å²) in [6.07, 6.45) is -6.04. The molecule has 2 nitrogen and oxygen atoms in total. The minimum absolute atomic E-state index is 0.222. The Labute approximate surface area is 79.4 Å². The number of nitrogens with zero attached hydrogens (tertiary/aromatic N) is 1. The lowest BCUT2D eigenvalue weighted by atomic mass is 10.1. The molecule has 0 aliphatic rings. The average molecular weight is 205 g/mol. The van der Waals surface area contributed by atoms with E-state index in [0.29, 0.717) is 11.3 Å². The number of aliphatic hydroxyl groups excluding tert-OH is 1. The fourth-order valence-corrected chi connectivity index (χ4v) is 1.00. The Morgan fingerprint density at radius 1 is 1.36 bits per heavy atom. The minimum atomic E-state index is -4.64. The molecule has 1 heterocycles. The summed E-state index contributed by atoms with van der Waals surface area (Å²) in [4.78, 5) is 3.75. The highest BCUT2D eigenvalue weighted by molar-refractivity contribution is 5.25. The molecular formula is C9H10F3NO. The highest BCUT2D eigenvalue weighted by atomic mass is 19.4. The number of hydrogen-bond acceptors (Lipinski definition) is 2. The molecule has 1 N–H and O–H groups in total. The van der Waals surface area contributed by atoms with Gasteiger partial charge in [-0.25, -0.2) is 0 Å². The van der Waals surface area contributed by atoms with E-state index in [9.17, 15) is 13.2 Å². The highest BCUT2D eigenvalue weighted by Crippen LogP contribution is 2.32. The zero-order valence-electron chi connectivity index (χ0n) is 7.76. The van der Waals surface area contributed by atoms with Gasteiger partial charge in [-0.3, -0.25) is 4.98 Å². The molecule has 0 aliphatic heterocycles. The largest absolute Gasteiger partial charge is 0.418 e. The lowest BCUT2D eigenvalue weighted by Crippen LogP contribution is -2.20. The first-order chi connectivity index (χ1) is 6.32. The second kappa shape index (κ2) is 3.57. The topological polar surface area (TPSA) is 33.1 Å². The van der Waals surface area contributed by atoms with Crippen LogP contribution in [0.4, 0.5) is 13.2 Å². The van der Waals surface area contributed by atoms with Crippen LogP contribution in [-0.4, -0.2) is 16.3 Å². The summed E-state index contributed by atoms with van der Waals surface area (Å²) in [5, 5.41) is 8.91. The first kappa shape index (κ1) is 11.0. The first-order valence-corrected chi connectivity index (χ1v) is 4.00. The van der Waals surface area contributed by atoms with Crippen LogP contribution >= 0.6 is 0 Å². The Kier molecular flexibility index (Phi) is 2.80. The molecule has 0 fully saturated rings. The molecule has 1 aromatic rings. The molecule has 14 heavy (non-hydrogen) atoms. The molecule has 0 bridgehead atoms. The molecule has 0 saturated heterocycles. The monoisotopic (exact) mass is 205 g/mol. The number of aromatic nitrogens is 1. The van der Waals surface area contributed by atoms with Gasteiger partial charge in [-0.05, 0) is 25.5 Å². The molecule has 0 amide bonds. The summed E-state index contributed by atoms with van der Waals surface area (Å²) in [6, 6.07) is 1.29. The van der Waals surface area contributed by atoms with Crippen LogP contribution in [0.15, 0.2) is 12.3 Å². The Bertz CT molecular complexity index is 335. The summed E-state index contributed by atoms with van der Waals surface area (Å²) in [7, 11) is 0. The van der Waals surface area contributed by atoms with Gasteiger partial charge >= 0.3 is 6.18 Å². The molecule has 1 atom stereocenters. The zero-order valence-corrected chi connectivity index (χ0v) is 7.76. The summed E-state index contributed by atoms with van der Waals surface area (Å²) < 4.78 is 36.3. The van der Waals surface area contributed by atoms with Crippen molar-refractivity contribution < 1.29 is 18.3 Å². The Morgan fingerprint density at radius 2 is 1.93 bits per heavy atom. The van der Waals surface area contributed by atoms with E-state index in [1.54, 1.807) is 13.8 Å². The maximum Gasteiger partial charge on any atom is 0.418 e. The molecule has 0 saturated carbocycles. The average Bonchev–Trinajstić information content (AvgIpc) is 2.07. The van der Waals surface area contributed by atoms with Crippen LogP contribution < -0.4 is 0 Å². The van der Waals surface area contributed by atoms with Gasteiger partial charge in [-0.2, -0.15) is 13.2 Å². The van der Waals surface area contributed by atoms with Crippen molar-refractivity contribution in [3.05, 3.63) is 29.1 Å². The first-order valence-electron chi connectivity index (χ1n) is 4.00. The van der Waals surface area contributed by atoms with E-state index in [1.807, 2.05) is 0 Å². The van der Waals surface area contributed by atoms with Crippen molar-refractivity contribution in [3.63, 3.8) is 0 Å². The molecule has 0 radical (unpaired) electrons. The van der Waals surface area contributed by atoms with E-state index in [0.717, 1.165) is 6.20 Å². The molecule has 1 aromatic heterocycles. The second-order valence-corrected chi connectivity index (χ2v) is 3.12. The highest BCUT2D eigenvalue weighted by Gasteiger charge is 2.39. The van der Waals surface area contributed by atoms with E-state index in [4.69, 9.17) is 5.11 Å². The van der Waals surface area contributed by atoms with Gasteiger partial charge in [0.2, 0.25) is 0 Å². The van der Waals surface area contributed by atoms with Crippen molar-refractivity contribution in [1.82, 2.24) is 4.98 Å². The van der Waals surface area contributed by atoms with Gasteiger partial charge in [-0.1, -0.05) is 0 Å². The number of aliphatic hydroxyl groups is 1. The molecule has 0 spiro atoms. The predicted octanol–water partition coefficient (Wildman–Crippen LogP) is 2.29. The Balaban J connectivity index is 3.03. The van der Waals surface area contributed by atoms with Gasteiger partial charge in [0.25, 0.3) is 0 Å². The normalized spacial score (nSPS) is 14.1. The van der Waals surface area contributed by atoms with Crippen LogP contribution in [0.2, 0.25) is 0 Å². The van der Waals surface area contributed by atoms with Gasteiger partial charge in [0.05, 0.1) is 0 Å². The minimum Gasteiger partial charge on any atom is -0.379 e. The zero-order chi connectivity index (χ0) is 10.9. The van der Waals surface area contributed by atoms with Crippen LogP contribution in [0.3, 0.4) is 0 Å². The number of pyridine rings is 1. The number of halogens is 3. The summed E-state index contributed by atoms with van der Waals surface area (Å²) in [5.41, 5.74) is 1.06. The van der Waals surface area contributed by atoms with Crippen LogP contribution in [0.5, 0.6) is 0 Å². The van der Waals surface area contributed by atoms with Crippen molar-refractivity contribution in [2.45, 2.75) is 26.1 Å². The third-order valence-electron chi connectivity index (χ3n) is 1.99. The lowest BCUT2D eigenvalue weighted by Gasteiger charge is -2.15. The molecular weight excluding hydrogens is 195 g/mol. The quantitative estimate of drug-likeness (QED) is 0.763. The van der Waals surface area contributed by atoms with E-state index in [-0.39, 0.29) is 5.56 Å². The van der Waals surface area contributed by atoms with Crippen LogP contribution in [0.25, 0.3) is 0 Å². The maximum atomic E-state index is 12.1. The van der Waals surface area contributed by atoms with E-state index >= 15 is 0 Å². The fraction of sp³-hybridized carbons (Fsp3) is 0.444. The number of hydrogen-bond donors (Lipinski definition) is 1. The lowest BCUT2D eigenvalue weighted by molar-refractivity contribution is -0.206. The third-order valence-corrected chi connectivity index (χ3v) is 1.99. The van der Waals surface area contributed by atoms with Gasteiger partial charge in [0.15, 0.2) is 6.10 Å². The molecule has 0 aromatic carbocycles. The van der Waals surface area contributed by atoms with Crippen molar-refractivity contribution in [2.24, 2.45) is 0 Å². The maximum absolute atomic E-state index is 12.1.